The molecule has 1 aliphatic carbocycles. The predicted molar refractivity (Wildman–Crippen MR) is 177 cm³/mol. The normalized spacial score (nSPS) is 17.3. The number of rotatable bonds is 17. The topological polar surface area (TPSA) is 121 Å². The Morgan fingerprint density at radius 3 is 2.23 bits per heavy atom. The monoisotopic (exact) mass is 771 g/mol. The lowest BCUT2D eigenvalue weighted by atomic mass is 9.79. The Morgan fingerprint density at radius 1 is 0.830 bits per heavy atom. The predicted octanol–water partition coefficient (Wildman–Crippen LogP) is 6.81. The van der Waals surface area contributed by atoms with Gasteiger partial charge in [0.05, 0.1) is 49.3 Å². The molecule has 2 fully saturated rings. The number of nitrogens with zero attached hydrogens (tertiary/aromatic N) is 3. The minimum atomic E-state index is -1.39. The summed E-state index contributed by atoms with van der Waals surface area (Å²) in [6.07, 6.45) is 1.88. The molecule has 1 saturated carbocycles. The van der Waals surface area contributed by atoms with E-state index in [0.29, 0.717) is 38.2 Å². The van der Waals surface area contributed by atoms with Gasteiger partial charge in [0.2, 0.25) is 11.7 Å². The van der Waals surface area contributed by atoms with Crippen LogP contribution in [0.3, 0.4) is 0 Å². The molecule has 3 aromatic rings. The summed E-state index contributed by atoms with van der Waals surface area (Å²) < 4.78 is 86.3. The van der Waals surface area contributed by atoms with Crippen molar-refractivity contribution in [1.82, 2.24) is 15.2 Å². The summed E-state index contributed by atoms with van der Waals surface area (Å²) in [6, 6.07) is 10.6. The van der Waals surface area contributed by atoms with E-state index in [9.17, 15) is 31.5 Å². The van der Waals surface area contributed by atoms with Crippen LogP contribution in [0, 0.1) is 35.0 Å². The molecule has 2 atom stereocenters. The van der Waals surface area contributed by atoms with Crippen LogP contribution in [0.15, 0.2) is 48.5 Å². The summed E-state index contributed by atoms with van der Waals surface area (Å²) in [6.45, 7) is -0.375. The van der Waals surface area contributed by atoms with Gasteiger partial charge in [0.15, 0.2) is 17.4 Å². The van der Waals surface area contributed by atoms with E-state index in [1.807, 2.05) is 24.3 Å². The smallest absolute Gasteiger partial charge is 0.409 e. The Kier molecular flexibility index (Phi) is 14.2. The Labute approximate surface area is 307 Å². The van der Waals surface area contributed by atoms with Gasteiger partial charge in [0.1, 0.15) is 18.2 Å². The van der Waals surface area contributed by atoms with Gasteiger partial charge in [0.25, 0.3) is 0 Å². The summed E-state index contributed by atoms with van der Waals surface area (Å²) in [5.74, 6) is -7.43. The quantitative estimate of drug-likeness (QED) is 0.0660. The number of amides is 2. The van der Waals surface area contributed by atoms with Gasteiger partial charge in [-0.2, -0.15) is 4.39 Å². The Bertz CT molecular complexity index is 1720. The molecule has 11 nitrogen and oxygen atoms in total. The van der Waals surface area contributed by atoms with E-state index in [4.69, 9.17) is 36.2 Å². The Balaban J connectivity index is 1.26. The fourth-order valence-corrected chi connectivity index (χ4v) is 6.43. The number of halogens is 6. The van der Waals surface area contributed by atoms with Crippen LogP contribution in [0.4, 0.5) is 26.7 Å². The first-order valence-electron chi connectivity index (χ1n) is 17.0. The van der Waals surface area contributed by atoms with E-state index in [-0.39, 0.29) is 76.1 Å². The lowest BCUT2D eigenvalue weighted by Crippen LogP contribution is -2.50. The minimum Gasteiger partial charge on any atom is -0.488 e. The van der Waals surface area contributed by atoms with E-state index in [2.05, 4.69) is 4.84 Å². The third-order valence-corrected chi connectivity index (χ3v) is 9.49. The molecule has 2 amide bonds. The van der Waals surface area contributed by atoms with Gasteiger partial charge in [-0.05, 0) is 73.4 Å². The van der Waals surface area contributed by atoms with Crippen LogP contribution in [0.25, 0.3) is 0 Å². The Hall–Kier alpha value is -4.06. The van der Waals surface area contributed by atoms with E-state index < -0.39 is 57.3 Å². The third-order valence-electron chi connectivity index (χ3n) is 9.08. The zero-order valence-electron chi connectivity index (χ0n) is 28.5. The van der Waals surface area contributed by atoms with Crippen LogP contribution < -0.4 is 4.74 Å². The molecule has 0 radical (unpaired) electrons. The molecular formula is C36H39ClF5N3O8. The fourth-order valence-electron chi connectivity index (χ4n) is 6.22. The molecule has 2 unspecified atom stereocenters. The van der Waals surface area contributed by atoms with Gasteiger partial charge in [-0.3, -0.25) is 15.2 Å². The highest BCUT2D eigenvalue weighted by molar-refractivity contribution is 6.31. The second-order valence-corrected chi connectivity index (χ2v) is 13.0. The van der Waals surface area contributed by atoms with Crippen molar-refractivity contribution in [2.24, 2.45) is 5.92 Å². The highest BCUT2D eigenvalue weighted by atomic mass is 35.5. The molecule has 1 saturated heterocycles. The molecule has 3 aromatic carbocycles. The third kappa shape index (κ3) is 10.8. The largest absolute Gasteiger partial charge is 0.488 e. The van der Waals surface area contributed by atoms with E-state index in [1.165, 1.54) is 9.80 Å². The van der Waals surface area contributed by atoms with Crippen molar-refractivity contribution in [3.05, 3.63) is 99.3 Å². The van der Waals surface area contributed by atoms with Crippen LogP contribution >= 0.6 is 11.6 Å². The number of hydrogen-bond donors (Lipinski definition) is 2. The maximum absolute atomic E-state index is 14.9. The number of hydrogen-bond acceptors (Lipinski definition) is 9. The number of carbonyl (C=O) groups excluding carboxylic acids is 2. The average Bonchev–Trinajstić information content (AvgIpc) is 3.99. The standard InChI is InChI=1S/C36H39ClF5N3O8/c37-32-27(28(38)9-10-29(32)39)21-44(24-7-8-24)35(46)26-20-43(36(47)52-18-16-50-17-19-53-45(48)49)14-13-25(26)23-5-3-22(4-6-23)2-1-15-51-34-31(41)12-11-30(40)33(34)42/h3-6,9-12,24-26,48-49H,1-2,7-8,13-21H2. The minimum absolute atomic E-state index is 0.00273. The zero-order valence-corrected chi connectivity index (χ0v) is 29.3. The first-order chi connectivity index (χ1) is 25.4. The molecule has 1 heterocycles. The van der Waals surface area contributed by atoms with Crippen molar-refractivity contribution >= 4 is 23.6 Å². The van der Waals surface area contributed by atoms with Gasteiger partial charge in [0, 0.05) is 24.7 Å². The molecule has 53 heavy (non-hydrogen) atoms. The van der Waals surface area contributed by atoms with E-state index >= 15 is 0 Å². The molecule has 288 valence electrons. The highest BCUT2D eigenvalue weighted by Crippen LogP contribution is 2.39. The maximum atomic E-state index is 14.9. The molecule has 0 bridgehead atoms. The lowest BCUT2D eigenvalue weighted by Gasteiger charge is -2.40. The summed E-state index contributed by atoms with van der Waals surface area (Å²) in [7, 11) is 0. The maximum Gasteiger partial charge on any atom is 0.409 e. The van der Waals surface area contributed by atoms with E-state index in [1.54, 1.807) is 0 Å². The van der Waals surface area contributed by atoms with Crippen molar-refractivity contribution in [2.45, 2.75) is 50.6 Å². The number of benzene rings is 3. The number of aryl methyl sites for hydroxylation is 1. The summed E-state index contributed by atoms with van der Waals surface area (Å²) in [4.78, 5) is 34.8. The van der Waals surface area contributed by atoms with Crippen LogP contribution in [0.5, 0.6) is 5.75 Å². The summed E-state index contributed by atoms with van der Waals surface area (Å²) >= 11 is 6.14. The Morgan fingerprint density at radius 2 is 1.51 bits per heavy atom. The summed E-state index contributed by atoms with van der Waals surface area (Å²) in [5.41, 5.74) is 1.55. The van der Waals surface area contributed by atoms with Crippen LogP contribution in [-0.4, -0.2) is 89.8 Å². The number of likely N-dealkylation sites (tertiary alicyclic amines) is 1. The van der Waals surface area contributed by atoms with Gasteiger partial charge in [-0.25, -0.2) is 27.2 Å². The SMILES string of the molecule is O=C(OCCOCCON(O)O)N1CCC(c2ccc(CCCOc3c(F)ccc(F)c3F)cc2)C(C(=O)N(Cc2c(F)ccc(F)c2Cl)C2CC2)C1. The van der Waals surface area contributed by atoms with Crippen molar-refractivity contribution in [2.75, 3.05) is 46.1 Å². The molecule has 1 aliphatic heterocycles. The number of ether oxygens (including phenoxy) is 3. The van der Waals surface area contributed by atoms with Gasteiger partial charge in [-0.1, -0.05) is 35.9 Å². The lowest BCUT2D eigenvalue weighted by molar-refractivity contribution is -0.493. The van der Waals surface area contributed by atoms with Crippen LogP contribution in [0.2, 0.25) is 5.02 Å². The van der Waals surface area contributed by atoms with Gasteiger partial charge < -0.3 is 24.0 Å². The second-order valence-electron chi connectivity index (χ2n) is 12.6. The molecule has 2 aliphatic rings. The first kappa shape index (κ1) is 40.1. The molecule has 5 rings (SSSR count). The fraction of sp³-hybridized carbons (Fsp3) is 0.444. The van der Waals surface area contributed by atoms with Crippen molar-refractivity contribution < 1.29 is 61.0 Å². The van der Waals surface area contributed by atoms with Gasteiger partial charge >= 0.3 is 6.09 Å². The van der Waals surface area contributed by atoms with Gasteiger partial charge in [-0.15, -0.1) is 0 Å². The van der Waals surface area contributed by atoms with Crippen molar-refractivity contribution in [3.8, 4) is 5.75 Å². The number of carbonyl (C=O) groups is 2. The molecule has 0 aromatic heterocycles. The average molecular weight is 772 g/mol. The van der Waals surface area contributed by atoms with E-state index in [0.717, 1.165) is 29.3 Å². The molecule has 17 heteroatoms. The first-order valence-corrected chi connectivity index (χ1v) is 17.4. The molecular weight excluding hydrogens is 733 g/mol. The highest BCUT2D eigenvalue weighted by Gasteiger charge is 2.43. The molecule has 2 N–H and O–H groups in total. The van der Waals surface area contributed by atoms with Crippen molar-refractivity contribution in [3.63, 3.8) is 0 Å². The zero-order chi connectivity index (χ0) is 38.1. The van der Waals surface area contributed by atoms with Crippen molar-refractivity contribution in [1.29, 1.82) is 0 Å². The summed E-state index contributed by atoms with van der Waals surface area (Å²) in [5, 5.41) is 16.2. The van der Waals surface area contributed by atoms with Crippen LogP contribution in [-0.2, 0) is 32.1 Å². The van der Waals surface area contributed by atoms with Crippen LogP contribution in [0.1, 0.15) is 48.3 Å². The second kappa shape index (κ2) is 18.8. The molecule has 0 spiro atoms. The number of piperidine rings is 1.